The molecule has 3 nitrogen and oxygen atoms in total. The molecule has 0 fully saturated rings. The van der Waals surface area contributed by atoms with Crippen LogP contribution in [0.25, 0.3) is 0 Å². The van der Waals surface area contributed by atoms with Gasteiger partial charge in [0.15, 0.2) is 0 Å². The van der Waals surface area contributed by atoms with Crippen molar-refractivity contribution in [1.82, 2.24) is 0 Å². The van der Waals surface area contributed by atoms with Crippen molar-refractivity contribution in [2.45, 2.75) is 19.1 Å². The van der Waals surface area contributed by atoms with Crippen LogP contribution >= 0.6 is 0 Å². The second kappa shape index (κ2) is 4.25. The summed E-state index contributed by atoms with van der Waals surface area (Å²) in [5, 5.41) is 9.24. The molecule has 72 valence electrons. The van der Waals surface area contributed by atoms with Gasteiger partial charge in [-0.15, -0.1) is 0 Å². The lowest BCUT2D eigenvalue weighted by atomic mass is 10.0. The van der Waals surface area contributed by atoms with Crippen molar-refractivity contribution in [1.29, 1.82) is 0 Å². The molecule has 0 saturated carbocycles. The quantitative estimate of drug-likeness (QED) is 0.733. The van der Waals surface area contributed by atoms with Gasteiger partial charge in [0.1, 0.15) is 5.75 Å². The summed E-state index contributed by atoms with van der Waals surface area (Å²) < 4.78 is 5.01. The van der Waals surface area contributed by atoms with Crippen LogP contribution in [-0.4, -0.2) is 18.3 Å². The highest BCUT2D eigenvalue weighted by molar-refractivity contribution is 5.29. The number of benzene rings is 1. The summed E-state index contributed by atoms with van der Waals surface area (Å²) in [5.41, 5.74) is 6.65. The predicted octanol–water partition coefficient (Wildman–Crippen LogP) is 1.08. The first-order chi connectivity index (χ1) is 6.15. The van der Waals surface area contributed by atoms with Gasteiger partial charge >= 0.3 is 0 Å². The van der Waals surface area contributed by atoms with Crippen LogP contribution in [0.3, 0.4) is 0 Å². The molecule has 0 aromatic heterocycles. The summed E-state index contributed by atoms with van der Waals surface area (Å²) in [5.74, 6) is 0.793. The maximum Gasteiger partial charge on any atom is 0.118 e. The SMILES string of the molecule is COc1ccc(C(N)C(C)O)cc1. The first-order valence-corrected chi connectivity index (χ1v) is 4.22. The van der Waals surface area contributed by atoms with Crippen LogP contribution in [0.15, 0.2) is 24.3 Å². The minimum absolute atomic E-state index is 0.328. The number of nitrogens with two attached hydrogens (primary N) is 1. The van der Waals surface area contributed by atoms with Crippen molar-refractivity contribution in [2.24, 2.45) is 5.73 Å². The van der Waals surface area contributed by atoms with Crippen LogP contribution in [0.5, 0.6) is 5.75 Å². The predicted molar refractivity (Wildman–Crippen MR) is 51.6 cm³/mol. The Kier molecular flexibility index (Phi) is 3.28. The summed E-state index contributed by atoms with van der Waals surface area (Å²) in [7, 11) is 1.61. The third-order valence-electron chi connectivity index (χ3n) is 2.02. The average Bonchev–Trinajstić information content (AvgIpc) is 2.17. The summed E-state index contributed by atoms with van der Waals surface area (Å²) in [6.07, 6.45) is -0.534. The Morgan fingerprint density at radius 1 is 1.31 bits per heavy atom. The van der Waals surface area contributed by atoms with Gasteiger partial charge in [0.25, 0.3) is 0 Å². The van der Waals surface area contributed by atoms with Gasteiger partial charge in [-0.25, -0.2) is 0 Å². The third-order valence-corrected chi connectivity index (χ3v) is 2.02. The Morgan fingerprint density at radius 3 is 2.23 bits per heavy atom. The molecule has 0 aliphatic heterocycles. The maximum absolute atomic E-state index is 9.24. The minimum atomic E-state index is -0.534. The molecule has 3 N–H and O–H groups in total. The molecule has 1 aromatic rings. The Morgan fingerprint density at radius 2 is 1.85 bits per heavy atom. The number of hydrogen-bond donors (Lipinski definition) is 2. The lowest BCUT2D eigenvalue weighted by molar-refractivity contribution is 0.164. The van der Waals surface area contributed by atoms with E-state index in [-0.39, 0.29) is 6.04 Å². The highest BCUT2D eigenvalue weighted by atomic mass is 16.5. The van der Waals surface area contributed by atoms with Gasteiger partial charge in [-0.1, -0.05) is 12.1 Å². The van der Waals surface area contributed by atoms with Gasteiger partial charge in [-0.05, 0) is 24.6 Å². The Bertz CT molecular complexity index is 256. The normalized spacial score (nSPS) is 15.1. The number of aliphatic hydroxyl groups excluding tert-OH is 1. The fraction of sp³-hybridized carbons (Fsp3) is 0.400. The van der Waals surface area contributed by atoms with E-state index in [9.17, 15) is 5.11 Å². The van der Waals surface area contributed by atoms with E-state index in [4.69, 9.17) is 10.5 Å². The Labute approximate surface area is 78.1 Å². The fourth-order valence-electron chi connectivity index (χ4n) is 1.10. The van der Waals surface area contributed by atoms with E-state index in [0.717, 1.165) is 11.3 Å². The molecule has 1 rings (SSSR count). The Hall–Kier alpha value is -1.06. The number of aliphatic hydroxyl groups is 1. The van der Waals surface area contributed by atoms with Gasteiger partial charge in [-0.2, -0.15) is 0 Å². The minimum Gasteiger partial charge on any atom is -0.497 e. The molecule has 0 aliphatic rings. The van der Waals surface area contributed by atoms with Crippen molar-refractivity contribution < 1.29 is 9.84 Å². The molecule has 0 heterocycles. The number of hydrogen-bond acceptors (Lipinski definition) is 3. The summed E-state index contributed by atoms with van der Waals surface area (Å²) >= 11 is 0. The van der Waals surface area contributed by atoms with Crippen LogP contribution in [0.4, 0.5) is 0 Å². The molecule has 0 radical (unpaired) electrons. The van der Waals surface area contributed by atoms with E-state index >= 15 is 0 Å². The number of methoxy groups -OCH3 is 1. The van der Waals surface area contributed by atoms with E-state index in [1.54, 1.807) is 14.0 Å². The summed E-state index contributed by atoms with van der Waals surface area (Å²) in [6.45, 7) is 1.68. The largest absolute Gasteiger partial charge is 0.497 e. The van der Waals surface area contributed by atoms with Gasteiger partial charge in [0, 0.05) is 0 Å². The van der Waals surface area contributed by atoms with Crippen molar-refractivity contribution in [3.63, 3.8) is 0 Å². The second-order valence-electron chi connectivity index (χ2n) is 3.04. The first-order valence-electron chi connectivity index (χ1n) is 4.22. The van der Waals surface area contributed by atoms with Gasteiger partial charge in [0.05, 0.1) is 19.3 Å². The molecule has 0 amide bonds. The van der Waals surface area contributed by atoms with Crippen molar-refractivity contribution in [3.8, 4) is 5.75 Å². The molecule has 13 heavy (non-hydrogen) atoms. The fourth-order valence-corrected chi connectivity index (χ4v) is 1.10. The van der Waals surface area contributed by atoms with Crippen LogP contribution in [0.2, 0.25) is 0 Å². The zero-order valence-electron chi connectivity index (χ0n) is 7.90. The van der Waals surface area contributed by atoms with Gasteiger partial charge < -0.3 is 15.6 Å². The topological polar surface area (TPSA) is 55.5 Å². The van der Waals surface area contributed by atoms with Crippen LogP contribution in [-0.2, 0) is 0 Å². The van der Waals surface area contributed by atoms with E-state index in [0.29, 0.717) is 0 Å². The molecule has 3 heteroatoms. The number of rotatable bonds is 3. The molecule has 0 saturated heterocycles. The smallest absolute Gasteiger partial charge is 0.118 e. The van der Waals surface area contributed by atoms with Crippen LogP contribution in [0, 0.1) is 0 Å². The molecular weight excluding hydrogens is 166 g/mol. The van der Waals surface area contributed by atoms with Crippen LogP contribution in [0.1, 0.15) is 18.5 Å². The second-order valence-corrected chi connectivity index (χ2v) is 3.04. The van der Waals surface area contributed by atoms with Gasteiger partial charge in [-0.3, -0.25) is 0 Å². The van der Waals surface area contributed by atoms with Crippen LogP contribution < -0.4 is 10.5 Å². The molecule has 0 bridgehead atoms. The zero-order valence-corrected chi connectivity index (χ0v) is 7.90. The molecule has 0 spiro atoms. The lowest BCUT2D eigenvalue weighted by Crippen LogP contribution is -2.22. The third kappa shape index (κ3) is 2.44. The molecule has 2 unspecified atom stereocenters. The molecule has 0 aliphatic carbocycles. The Balaban J connectivity index is 2.79. The van der Waals surface area contributed by atoms with Crippen molar-refractivity contribution >= 4 is 0 Å². The molecule has 1 aromatic carbocycles. The molecule has 2 atom stereocenters. The maximum atomic E-state index is 9.24. The summed E-state index contributed by atoms with van der Waals surface area (Å²) in [4.78, 5) is 0. The van der Waals surface area contributed by atoms with E-state index in [1.807, 2.05) is 24.3 Å². The van der Waals surface area contributed by atoms with E-state index in [1.165, 1.54) is 0 Å². The van der Waals surface area contributed by atoms with Crippen molar-refractivity contribution in [3.05, 3.63) is 29.8 Å². The average molecular weight is 181 g/mol. The lowest BCUT2D eigenvalue weighted by Gasteiger charge is -2.14. The monoisotopic (exact) mass is 181 g/mol. The van der Waals surface area contributed by atoms with E-state index < -0.39 is 6.10 Å². The molecular formula is C10H15NO2. The summed E-state index contributed by atoms with van der Waals surface area (Å²) in [6, 6.07) is 7.05. The van der Waals surface area contributed by atoms with E-state index in [2.05, 4.69) is 0 Å². The first kappa shape index (κ1) is 10.0. The van der Waals surface area contributed by atoms with Gasteiger partial charge in [0.2, 0.25) is 0 Å². The highest BCUT2D eigenvalue weighted by Crippen LogP contribution is 2.17. The zero-order chi connectivity index (χ0) is 9.84. The van der Waals surface area contributed by atoms with Crippen molar-refractivity contribution in [2.75, 3.05) is 7.11 Å². The number of ether oxygens (including phenoxy) is 1. The highest BCUT2D eigenvalue weighted by Gasteiger charge is 2.11. The standard InChI is InChI=1S/C10H15NO2/c1-7(12)10(11)8-3-5-9(13-2)6-4-8/h3-7,10,12H,11H2,1-2H3.